The first kappa shape index (κ1) is 12.6. The summed E-state index contributed by atoms with van der Waals surface area (Å²) in [6.45, 7) is 2.79. The van der Waals surface area contributed by atoms with E-state index in [0.717, 1.165) is 18.1 Å². The Kier molecular flexibility index (Phi) is 4.58. The van der Waals surface area contributed by atoms with Gasteiger partial charge in [-0.15, -0.1) is 0 Å². The van der Waals surface area contributed by atoms with E-state index in [9.17, 15) is 13.2 Å². The summed E-state index contributed by atoms with van der Waals surface area (Å²) in [4.78, 5) is 0.490. The van der Waals surface area contributed by atoms with Crippen molar-refractivity contribution in [3.63, 3.8) is 0 Å². The largest absolute Gasteiger partial charge is 0.402 e. The van der Waals surface area contributed by atoms with Gasteiger partial charge in [-0.1, -0.05) is 15.9 Å². The summed E-state index contributed by atoms with van der Waals surface area (Å²) in [5.41, 5.74) is 0. The molecule has 1 saturated heterocycles. The van der Waals surface area contributed by atoms with E-state index in [1.807, 2.05) is 11.8 Å². The number of halogens is 4. The van der Waals surface area contributed by atoms with Crippen molar-refractivity contribution in [1.82, 2.24) is 4.90 Å². The van der Waals surface area contributed by atoms with Gasteiger partial charge in [-0.25, -0.2) is 0 Å². The normalized spacial score (nSPS) is 27.6. The number of nitrogens with zero attached hydrogens (tertiary/aromatic N) is 1. The maximum absolute atomic E-state index is 12.3. The van der Waals surface area contributed by atoms with Crippen LogP contribution < -0.4 is 0 Å². The van der Waals surface area contributed by atoms with E-state index in [-0.39, 0.29) is 12.6 Å². The SMILES string of the molecule is CC1CSCCN1CC(Br)C(F)(F)F. The fraction of sp³-hybridized carbons (Fsp3) is 1.00. The van der Waals surface area contributed by atoms with Gasteiger partial charge in [-0.05, 0) is 6.92 Å². The van der Waals surface area contributed by atoms with E-state index in [0.29, 0.717) is 0 Å². The molecule has 2 unspecified atom stereocenters. The van der Waals surface area contributed by atoms with Gasteiger partial charge in [0, 0.05) is 30.6 Å². The van der Waals surface area contributed by atoms with Crippen molar-refractivity contribution in [2.45, 2.75) is 24.0 Å². The number of hydrogen-bond donors (Lipinski definition) is 0. The van der Waals surface area contributed by atoms with Gasteiger partial charge in [-0.3, -0.25) is 4.90 Å². The predicted octanol–water partition coefficient (Wildman–Crippen LogP) is 2.75. The highest BCUT2D eigenvalue weighted by Gasteiger charge is 2.39. The molecule has 0 bridgehead atoms. The van der Waals surface area contributed by atoms with E-state index >= 15 is 0 Å². The lowest BCUT2D eigenvalue weighted by atomic mass is 10.2. The Morgan fingerprint density at radius 2 is 2.21 bits per heavy atom. The molecule has 0 aliphatic carbocycles. The molecule has 1 aliphatic rings. The molecule has 1 fully saturated rings. The van der Waals surface area contributed by atoms with Crippen LogP contribution in [0.3, 0.4) is 0 Å². The van der Waals surface area contributed by atoms with Crippen molar-refractivity contribution in [1.29, 1.82) is 0 Å². The topological polar surface area (TPSA) is 3.24 Å². The summed E-state index contributed by atoms with van der Waals surface area (Å²) in [6.07, 6.45) is -4.13. The smallest absolute Gasteiger partial charge is 0.298 e. The quantitative estimate of drug-likeness (QED) is 0.720. The van der Waals surface area contributed by atoms with Crippen molar-refractivity contribution < 1.29 is 13.2 Å². The highest BCUT2D eigenvalue weighted by molar-refractivity contribution is 9.09. The van der Waals surface area contributed by atoms with Crippen LogP contribution in [-0.4, -0.2) is 46.5 Å². The molecule has 1 heterocycles. The zero-order valence-electron chi connectivity index (χ0n) is 7.85. The van der Waals surface area contributed by atoms with Gasteiger partial charge >= 0.3 is 6.18 Å². The molecule has 6 heteroatoms. The third kappa shape index (κ3) is 3.62. The van der Waals surface area contributed by atoms with Crippen LogP contribution in [0.25, 0.3) is 0 Å². The molecule has 0 spiro atoms. The van der Waals surface area contributed by atoms with Crippen LogP contribution in [0.4, 0.5) is 13.2 Å². The van der Waals surface area contributed by atoms with Gasteiger partial charge in [0.1, 0.15) is 4.83 Å². The molecule has 0 aromatic rings. The van der Waals surface area contributed by atoms with Gasteiger partial charge in [0.25, 0.3) is 0 Å². The lowest BCUT2D eigenvalue weighted by molar-refractivity contribution is -0.131. The molecular formula is C8H13BrF3NS. The molecule has 0 aromatic heterocycles. The summed E-state index contributed by atoms with van der Waals surface area (Å²) in [6, 6.07) is 0.246. The standard InChI is InChI=1S/C8H13BrF3NS/c1-6-5-14-3-2-13(6)4-7(9)8(10,11)12/h6-7H,2-5H2,1H3. The lowest BCUT2D eigenvalue weighted by Gasteiger charge is -2.34. The minimum absolute atomic E-state index is 0.0607. The van der Waals surface area contributed by atoms with Crippen molar-refractivity contribution in [3.8, 4) is 0 Å². The Balaban J connectivity index is 2.42. The van der Waals surface area contributed by atoms with Crippen LogP contribution in [0.1, 0.15) is 6.92 Å². The zero-order chi connectivity index (χ0) is 10.8. The van der Waals surface area contributed by atoms with E-state index in [1.165, 1.54) is 0 Å². The molecule has 2 atom stereocenters. The van der Waals surface area contributed by atoms with Gasteiger partial charge in [0.2, 0.25) is 0 Å². The minimum Gasteiger partial charge on any atom is -0.298 e. The van der Waals surface area contributed by atoms with Crippen LogP contribution >= 0.6 is 27.7 Å². The molecule has 84 valence electrons. The van der Waals surface area contributed by atoms with E-state index in [2.05, 4.69) is 15.9 Å². The lowest BCUT2D eigenvalue weighted by Crippen LogP contribution is -2.46. The summed E-state index contributed by atoms with van der Waals surface area (Å²) in [7, 11) is 0. The fourth-order valence-electron chi connectivity index (χ4n) is 1.34. The van der Waals surface area contributed by atoms with Gasteiger partial charge in [0.15, 0.2) is 0 Å². The highest BCUT2D eigenvalue weighted by atomic mass is 79.9. The molecule has 1 nitrogen and oxygen atoms in total. The molecular weight excluding hydrogens is 279 g/mol. The van der Waals surface area contributed by atoms with Crippen molar-refractivity contribution in [2.75, 3.05) is 24.6 Å². The Bertz CT molecular complexity index is 188. The van der Waals surface area contributed by atoms with Crippen LogP contribution in [0.2, 0.25) is 0 Å². The minimum atomic E-state index is -4.13. The van der Waals surface area contributed by atoms with Gasteiger partial charge in [0.05, 0.1) is 0 Å². The van der Waals surface area contributed by atoms with Crippen LogP contribution in [0.5, 0.6) is 0 Å². The zero-order valence-corrected chi connectivity index (χ0v) is 10.3. The average Bonchev–Trinajstić information content (AvgIpc) is 2.07. The van der Waals surface area contributed by atoms with Crippen molar-refractivity contribution in [3.05, 3.63) is 0 Å². The van der Waals surface area contributed by atoms with Crippen LogP contribution in [0.15, 0.2) is 0 Å². The second-order valence-electron chi connectivity index (χ2n) is 3.43. The van der Waals surface area contributed by atoms with E-state index in [4.69, 9.17) is 0 Å². The second-order valence-corrected chi connectivity index (χ2v) is 5.68. The molecule has 1 rings (SSSR count). The first-order valence-electron chi connectivity index (χ1n) is 4.44. The van der Waals surface area contributed by atoms with Crippen molar-refractivity contribution >= 4 is 27.7 Å². The molecule has 0 amide bonds. The van der Waals surface area contributed by atoms with Gasteiger partial charge in [-0.2, -0.15) is 24.9 Å². The molecule has 0 saturated carbocycles. The number of hydrogen-bond acceptors (Lipinski definition) is 2. The van der Waals surface area contributed by atoms with E-state index < -0.39 is 11.0 Å². The van der Waals surface area contributed by atoms with Crippen LogP contribution in [0, 0.1) is 0 Å². The van der Waals surface area contributed by atoms with Gasteiger partial charge < -0.3 is 0 Å². The summed E-state index contributed by atoms with van der Waals surface area (Å²) in [5.74, 6) is 1.86. The average molecular weight is 292 g/mol. The van der Waals surface area contributed by atoms with Crippen LogP contribution in [-0.2, 0) is 0 Å². The molecule has 0 radical (unpaired) electrons. The second kappa shape index (κ2) is 5.07. The maximum Gasteiger partial charge on any atom is 0.402 e. The summed E-state index contributed by atoms with van der Waals surface area (Å²) < 4.78 is 36.8. The van der Waals surface area contributed by atoms with Crippen molar-refractivity contribution in [2.24, 2.45) is 0 Å². The predicted molar refractivity (Wildman–Crippen MR) is 57.1 cm³/mol. The third-order valence-electron chi connectivity index (χ3n) is 2.26. The number of thioether (sulfide) groups is 1. The number of rotatable bonds is 2. The van der Waals surface area contributed by atoms with E-state index in [1.54, 1.807) is 11.8 Å². The maximum atomic E-state index is 12.3. The Hall–Kier alpha value is 0.580. The Morgan fingerprint density at radius 1 is 1.57 bits per heavy atom. The molecule has 1 aliphatic heterocycles. The Morgan fingerprint density at radius 3 is 2.71 bits per heavy atom. The molecule has 0 N–H and O–H groups in total. The Labute approximate surface area is 94.5 Å². The summed E-state index contributed by atoms with van der Waals surface area (Å²) in [5, 5.41) is 0. The summed E-state index contributed by atoms with van der Waals surface area (Å²) >= 11 is 4.49. The first-order chi connectivity index (χ1) is 6.41. The fourth-order valence-corrected chi connectivity index (χ4v) is 2.80. The number of alkyl halides is 4. The molecule has 14 heavy (non-hydrogen) atoms. The highest BCUT2D eigenvalue weighted by Crippen LogP contribution is 2.28. The first-order valence-corrected chi connectivity index (χ1v) is 6.51. The third-order valence-corrected chi connectivity index (χ3v) is 4.25. The monoisotopic (exact) mass is 291 g/mol. The molecule has 0 aromatic carbocycles.